The van der Waals surface area contributed by atoms with Gasteiger partial charge in [-0.05, 0) is 63.4 Å². The second kappa shape index (κ2) is 13.3. The summed E-state index contributed by atoms with van der Waals surface area (Å²) < 4.78 is 16.2. The van der Waals surface area contributed by atoms with E-state index in [9.17, 15) is 14.7 Å². The van der Waals surface area contributed by atoms with Crippen molar-refractivity contribution in [3.8, 4) is 17.2 Å². The molecular weight excluding hydrogens is 412 g/mol. The van der Waals surface area contributed by atoms with Crippen LogP contribution in [-0.4, -0.2) is 68.7 Å². The Balaban J connectivity index is 2.11. The van der Waals surface area contributed by atoms with Crippen LogP contribution in [0.2, 0.25) is 0 Å². The van der Waals surface area contributed by atoms with E-state index in [-0.39, 0.29) is 11.7 Å². The molecule has 0 aliphatic carbocycles. The van der Waals surface area contributed by atoms with Gasteiger partial charge in [-0.15, -0.1) is 0 Å². The summed E-state index contributed by atoms with van der Waals surface area (Å²) in [6.07, 6.45) is 4.58. The van der Waals surface area contributed by atoms with Crippen LogP contribution in [0.3, 0.4) is 0 Å². The number of rotatable bonds is 14. The van der Waals surface area contributed by atoms with Gasteiger partial charge in [0.25, 0.3) is 0 Å². The molecule has 1 aromatic carbocycles. The van der Waals surface area contributed by atoms with Crippen LogP contribution in [-0.2, 0) is 9.59 Å². The van der Waals surface area contributed by atoms with E-state index in [1.165, 1.54) is 21.3 Å². The topological polar surface area (TPSA) is 97.3 Å². The molecule has 8 nitrogen and oxygen atoms in total. The molecule has 2 rings (SSSR count). The summed E-state index contributed by atoms with van der Waals surface area (Å²) in [5, 5.41) is 14.3. The van der Waals surface area contributed by atoms with Gasteiger partial charge in [0.2, 0.25) is 11.7 Å². The van der Waals surface area contributed by atoms with Crippen molar-refractivity contribution in [2.45, 2.75) is 64.0 Å². The summed E-state index contributed by atoms with van der Waals surface area (Å²) in [4.78, 5) is 25.9. The van der Waals surface area contributed by atoms with Gasteiger partial charge in [0.1, 0.15) is 11.9 Å². The standard InChI is InChI=1S/C24H38N2O6/c1-17(27)10-6-5-7-11-22(28)25-19(16-26-12-8-9-13-26)23(29)18-14-20(30-2)24(32-4)21(15-18)31-3/h14-15,19,23,29H,5-13,16H2,1-4H3,(H,25,28)/t19-,23+/m1/s1. The lowest BCUT2D eigenvalue weighted by molar-refractivity contribution is -0.123. The minimum Gasteiger partial charge on any atom is -0.493 e. The van der Waals surface area contributed by atoms with Crippen LogP contribution in [0.1, 0.15) is 63.5 Å². The molecule has 0 radical (unpaired) electrons. The molecule has 0 bridgehead atoms. The van der Waals surface area contributed by atoms with E-state index in [1.54, 1.807) is 19.1 Å². The van der Waals surface area contributed by atoms with E-state index < -0.39 is 12.1 Å². The van der Waals surface area contributed by atoms with Crippen molar-refractivity contribution < 1.29 is 28.9 Å². The first-order chi connectivity index (χ1) is 15.4. The molecule has 0 unspecified atom stereocenters. The van der Waals surface area contributed by atoms with Crippen molar-refractivity contribution in [1.29, 1.82) is 0 Å². The maximum atomic E-state index is 12.6. The van der Waals surface area contributed by atoms with Crippen LogP contribution < -0.4 is 19.5 Å². The van der Waals surface area contributed by atoms with Gasteiger partial charge in [-0.2, -0.15) is 0 Å². The number of aliphatic hydroxyl groups excluding tert-OH is 1. The fourth-order valence-corrected chi connectivity index (χ4v) is 4.09. The van der Waals surface area contributed by atoms with Crippen LogP contribution in [0, 0.1) is 0 Å². The number of nitrogens with zero attached hydrogens (tertiary/aromatic N) is 1. The van der Waals surface area contributed by atoms with Gasteiger partial charge in [-0.3, -0.25) is 4.79 Å². The Kier molecular flexibility index (Phi) is 10.8. The lowest BCUT2D eigenvalue weighted by Gasteiger charge is -2.29. The number of hydrogen-bond donors (Lipinski definition) is 2. The first-order valence-corrected chi connectivity index (χ1v) is 11.4. The zero-order chi connectivity index (χ0) is 23.5. The molecule has 1 amide bonds. The summed E-state index contributed by atoms with van der Waals surface area (Å²) in [6, 6.07) is 2.97. The first-order valence-electron chi connectivity index (χ1n) is 11.4. The molecule has 1 aliphatic rings. The average Bonchev–Trinajstić information content (AvgIpc) is 3.29. The largest absolute Gasteiger partial charge is 0.493 e. The Bertz CT molecular complexity index is 723. The van der Waals surface area contributed by atoms with Crippen molar-refractivity contribution in [3.63, 3.8) is 0 Å². The van der Waals surface area contributed by atoms with Crippen LogP contribution in [0.5, 0.6) is 17.2 Å². The molecular formula is C24H38N2O6. The van der Waals surface area contributed by atoms with Crippen LogP contribution in [0.15, 0.2) is 12.1 Å². The molecule has 180 valence electrons. The highest BCUT2D eigenvalue weighted by Gasteiger charge is 2.28. The molecule has 1 aliphatic heterocycles. The summed E-state index contributed by atoms with van der Waals surface area (Å²) in [5.41, 5.74) is 0.588. The zero-order valence-corrected chi connectivity index (χ0v) is 19.8. The number of carbonyl (C=O) groups excluding carboxylic acids is 2. The maximum Gasteiger partial charge on any atom is 0.220 e. The molecule has 1 aromatic rings. The minimum atomic E-state index is -0.939. The molecule has 0 spiro atoms. The normalized spacial score (nSPS) is 15.8. The fraction of sp³-hybridized carbons (Fsp3) is 0.667. The van der Waals surface area contributed by atoms with Gasteiger partial charge in [-0.1, -0.05) is 6.42 Å². The molecule has 32 heavy (non-hydrogen) atoms. The number of ketones is 1. The van der Waals surface area contributed by atoms with E-state index >= 15 is 0 Å². The zero-order valence-electron chi connectivity index (χ0n) is 19.8. The monoisotopic (exact) mass is 450 g/mol. The maximum absolute atomic E-state index is 12.6. The van der Waals surface area contributed by atoms with Crippen molar-refractivity contribution in [3.05, 3.63) is 17.7 Å². The lowest BCUT2D eigenvalue weighted by atomic mass is 10.00. The number of likely N-dealkylation sites (tertiary alicyclic amines) is 1. The number of Topliss-reactive ketones (excluding diaryl/α,β-unsaturated/α-hetero) is 1. The molecule has 0 aromatic heterocycles. The molecule has 1 heterocycles. The Labute approximate surface area is 191 Å². The number of nitrogens with one attached hydrogen (secondary N) is 1. The van der Waals surface area contributed by atoms with E-state index in [2.05, 4.69) is 10.2 Å². The molecule has 0 saturated carbocycles. The van der Waals surface area contributed by atoms with Gasteiger partial charge < -0.3 is 34.3 Å². The van der Waals surface area contributed by atoms with Crippen LogP contribution in [0.25, 0.3) is 0 Å². The van der Waals surface area contributed by atoms with E-state index in [0.717, 1.165) is 45.2 Å². The number of unbranched alkanes of at least 4 members (excludes halogenated alkanes) is 2. The number of hydrogen-bond acceptors (Lipinski definition) is 7. The summed E-state index contributed by atoms with van der Waals surface area (Å²) in [6.45, 7) is 4.06. The number of methoxy groups -OCH3 is 3. The van der Waals surface area contributed by atoms with Gasteiger partial charge in [0.15, 0.2) is 11.5 Å². The van der Waals surface area contributed by atoms with Crippen LogP contribution >= 0.6 is 0 Å². The number of aliphatic hydroxyl groups is 1. The number of benzene rings is 1. The predicted octanol–water partition coefficient (Wildman–Crippen LogP) is 2.87. The second-order valence-electron chi connectivity index (χ2n) is 8.35. The van der Waals surface area contributed by atoms with E-state index in [4.69, 9.17) is 14.2 Å². The van der Waals surface area contributed by atoms with Crippen molar-refractivity contribution in [2.75, 3.05) is 41.0 Å². The predicted molar refractivity (Wildman–Crippen MR) is 122 cm³/mol. The number of amides is 1. The van der Waals surface area contributed by atoms with Gasteiger partial charge in [0, 0.05) is 19.4 Å². The molecule has 1 saturated heterocycles. The molecule has 1 fully saturated rings. The number of ether oxygens (including phenoxy) is 3. The third-order valence-electron chi connectivity index (χ3n) is 5.84. The summed E-state index contributed by atoms with van der Waals surface area (Å²) in [7, 11) is 4.59. The smallest absolute Gasteiger partial charge is 0.220 e. The Morgan fingerprint density at radius 3 is 2.12 bits per heavy atom. The van der Waals surface area contributed by atoms with E-state index in [1.807, 2.05) is 0 Å². The highest BCUT2D eigenvalue weighted by Crippen LogP contribution is 2.40. The third kappa shape index (κ3) is 7.67. The van der Waals surface area contributed by atoms with Gasteiger partial charge in [0.05, 0.1) is 27.4 Å². The first kappa shape index (κ1) is 25.9. The van der Waals surface area contributed by atoms with Crippen molar-refractivity contribution >= 4 is 11.7 Å². The molecule has 2 atom stereocenters. The molecule has 2 N–H and O–H groups in total. The Morgan fingerprint density at radius 2 is 1.59 bits per heavy atom. The minimum absolute atomic E-state index is 0.0940. The highest BCUT2D eigenvalue weighted by molar-refractivity contribution is 5.76. The summed E-state index contributed by atoms with van der Waals surface area (Å²) in [5.74, 6) is 1.45. The quantitative estimate of drug-likeness (QED) is 0.421. The number of carbonyl (C=O) groups is 2. The Morgan fingerprint density at radius 1 is 1.00 bits per heavy atom. The van der Waals surface area contributed by atoms with Gasteiger partial charge in [-0.25, -0.2) is 0 Å². The second-order valence-corrected chi connectivity index (χ2v) is 8.35. The summed E-state index contributed by atoms with van der Waals surface area (Å²) >= 11 is 0. The SMILES string of the molecule is COc1cc([C@H](O)[C@@H](CN2CCCC2)NC(=O)CCCCCC(C)=O)cc(OC)c1OC. The third-order valence-corrected chi connectivity index (χ3v) is 5.84. The van der Waals surface area contributed by atoms with Crippen molar-refractivity contribution in [1.82, 2.24) is 10.2 Å². The average molecular weight is 451 g/mol. The van der Waals surface area contributed by atoms with Gasteiger partial charge >= 0.3 is 0 Å². The fourth-order valence-electron chi connectivity index (χ4n) is 4.09. The lowest BCUT2D eigenvalue weighted by Crippen LogP contribution is -2.46. The Hall–Kier alpha value is -2.32. The molecule has 8 heteroatoms. The van der Waals surface area contributed by atoms with E-state index in [0.29, 0.717) is 42.2 Å². The van der Waals surface area contributed by atoms with Crippen LogP contribution in [0.4, 0.5) is 0 Å². The van der Waals surface area contributed by atoms with Crippen molar-refractivity contribution in [2.24, 2.45) is 0 Å². The highest BCUT2D eigenvalue weighted by atomic mass is 16.5.